The molecule has 186 valence electrons. The van der Waals surface area contributed by atoms with Crippen LogP contribution in [0, 0.1) is 5.82 Å². The first-order valence-electron chi connectivity index (χ1n) is 11.4. The van der Waals surface area contributed by atoms with Crippen molar-refractivity contribution in [1.29, 1.82) is 0 Å². The normalized spacial score (nSPS) is 11.8. The number of nitrogens with one attached hydrogen (secondary N) is 1. The summed E-state index contributed by atoms with van der Waals surface area (Å²) in [6.07, 6.45) is 0. The zero-order valence-electron chi connectivity index (χ0n) is 20.3. The summed E-state index contributed by atoms with van der Waals surface area (Å²) in [5.41, 5.74) is 0.738. The van der Waals surface area contributed by atoms with E-state index in [1.807, 2.05) is 0 Å². The quantitative estimate of drug-likeness (QED) is 0.384. The molecule has 0 aliphatic rings. The topological polar surface area (TPSA) is 85.7 Å². The third kappa shape index (κ3) is 4.92. The van der Waals surface area contributed by atoms with Crippen molar-refractivity contribution in [3.05, 3.63) is 94.8 Å². The van der Waals surface area contributed by atoms with Gasteiger partial charge < -0.3 is 19.7 Å². The van der Waals surface area contributed by atoms with E-state index >= 15 is 0 Å². The zero-order valence-corrected chi connectivity index (χ0v) is 20.3. The Kier molecular flexibility index (Phi) is 7.60. The summed E-state index contributed by atoms with van der Waals surface area (Å²) < 4.78 is 26.5. The zero-order chi connectivity index (χ0) is 25.7. The summed E-state index contributed by atoms with van der Waals surface area (Å²) >= 11 is 0. The van der Waals surface area contributed by atoms with Crippen molar-refractivity contribution in [2.45, 2.75) is 13.0 Å². The number of carbonyl (C=O) groups excluding carboxylic acids is 1. The second-order valence-electron chi connectivity index (χ2n) is 8.07. The summed E-state index contributed by atoms with van der Waals surface area (Å²) in [4.78, 5) is 33.3. The average Bonchev–Trinajstić information content (AvgIpc) is 2.90. The van der Waals surface area contributed by atoms with Gasteiger partial charge in [-0.05, 0) is 43.3 Å². The molecule has 1 atom stereocenters. The summed E-state index contributed by atoms with van der Waals surface area (Å²) in [7, 11) is 3.05. The molecule has 9 heteroatoms. The van der Waals surface area contributed by atoms with E-state index in [2.05, 4.69) is 5.32 Å². The molecular formula is C27H27FN4O4. The van der Waals surface area contributed by atoms with Gasteiger partial charge in [0.05, 0.1) is 42.0 Å². The third-order valence-electron chi connectivity index (χ3n) is 5.88. The first-order valence-corrected chi connectivity index (χ1v) is 11.4. The van der Waals surface area contributed by atoms with Crippen molar-refractivity contribution in [2.75, 3.05) is 32.7 Å². The maximum absolute atomic E-state index is 14.3. The van der Waals surface area contributed by atoms with Crippen LogP contribution in [0.3, 0.4) is 0 Å². The summed E-state index contributed by atoms with van der Waals surface area (Å²) in [5, 5.41) is 3.05. The molecule has 4 aromatic rings. The van der Waals surface area contributed by atoms with E-state index in [0.717, 1.165) is 0 Å². The molecule has 1 N–H and O–H groups in total. The Morgan fingerprint density at radius 3 is 2.50 bits per heavy atom. The van der Waals surface area contributed by atoms with Crippen LogP contribution >= 0.6 is 0 Å². The van der Waals surface area contributed by atoms with Gasteiger partial charge in [0, 0.05) is 13.7 Å². The molecule has 1 aromatic heterocycles. The molecule has 0 bridgehead atoms. The van der Waals surface area contributed by atoms with Gasteiger partial charge >= 0.3 is 6.03 Å². The Balaban J connectivity index is 1.87. The number of para-hydroxylation sites is 4. The predicted molar refractivity (Wildman–Crippen MR) is 136 cm³/mol. The standard InChI is InChI=1S/C27H27FN4O4/c1-18(31(16-17-35-2)27(34)30-22-13-7-5-11-20(22)28)25-29-21-12-6-4-10-19(21)26(33)32(25)23-14-8-9-15-24(23)36-3/h4-15,18H,16-17H2,1-3H3,(H,30,34). The van der Waals surface area contributed by atoms with Crippen LogP contribution in [0.5, 0.6) is 5.75 Å². The predicted octanol–water partition coefficient (Wildman–Crippen LogP) is 4.77. The number of hydrogen-bond donors (Lipinski definition) is 1. The van der Waals surface area contributed by atoms with E-state index in [1.165, 1.54) is 35.8 Å². The Morgan fingerprint density at radius 2 is 1.75 bits per heavy atom. The first-order chi connectivity index (χ1) is 17.5. The van der Waals surface area contributed by atoms with E-state index in [4.69, 9.17) is 14.5 Å². The van der Waals surface area contributed by atoms with Gasteiger partial charge in [0.2, 0.25) is 0 Å². The molecule has 2 amide bonds. The van der Waals surface area contributed by atoms with Gasteiger partial charge in [-0.2, -0.15) is 0 Å². The smallest absolute Gasteiger partial charge is 0.322 e. The molecule has 0 saturated heterocycles. The van der Waals surface area contributed by atoms with Gasteiger partial charge in [-0.25, -0.2) is 14.2 Å². The third-order valence-corrected chi connectivity index (χ3v) is 5.88. The molecule has 1 heterocycles. The number of aromatic nitrogens is 2. The minimum atomic E-state index is -0.700. The molecule has 0 saturated carbocycles. The fraction of sp³-hybridized carbons (Fsp3) is 0.222. The molecular weight excluding hydrogens is 463 g/mol. The molecule has 4 rings (SSSR count). The van der Waals surface area contributed by atoms with Crippen LogP contribution in [0.25, 0.3) is 16.6 Å². The van der Waals surface area contributed by atoms with Crippen LogP contribution in [0.2, 0.25) is 0 Å². The fourth-order valence-electron chi connectivity index (χ4n) is 4.03. The highest BCUT2D eigenvalue weighted by Crippen LogP contribution is 2.28. The Hall–Kier alpha value is -4.24. The van der Waals surface area contributed by atoms with Gasteiger partial charge in [-0.15, -0.1) is 0 Å². The monoisotopic (exact) mass is 490 g/mol. The number of ether oxygens (including phenoxy) is 2. The van der Waals surface area contributed by atoms with Crippen molar-refractivity contribution >= 4 is 22.6 Å². The molecule has 0 spiro atoms. The SMILES string of the molecule is COCCN(C(=O)Nc1ccccc1F)C(C)c1nc2ccccc2c(=O)n1-c1ccccc1OC. The van der Waals surface area contributed by atoms with Gasteiger partial charge in [0.15, 0.2) is 0 Å². The molecule has 8 nitrogen and oxygen atoms in total. The van der Waals surface area contributed by atoms with Gasteiger partial charge in [-0.3, -0.25) is 9.36 Å². The average molecular weight is 491 g/mol. The number of hydrogen-bond acceptors (Lipinski definition) is 5. The van der Waals surface area contributed by atoms with E-state index in [9.17, 15) is 14.0 Å². The summed E-state index contributed by atoms with van der Waals surface area (Å²) in [5.74, 6) is 0.243. The van der Waals surface area contributed by atoms with Gasteiger partial charge in [0.25, 0.3) is 5.56 Å². The van der Waals surface area contributed by atoms with E-state index in [-0.39, 0.29) is 24.4 Å². The number of carbonyl (C=O) groups is 1. The van der Waals surface area contributed by atoms with Gasteiger partial charge in [0.1, 0.15) is 17.4 Å². The highest BCUT2D eigenvalue weighted by molar-refractivity contribution is 5.89. The fourth-order valence-corrected chi connectivity index (χ4v) is 4.03. The number of benzene rings is 3. The lowest BCUT2D eigenvalue weighted by molar-refractivity contribution is 0.137. The number of halogens is 1. The van der Waals surface area contributed by atoms with Crippen LogP contribution in [0.15, 0.2) is 77.6 Å². The molecule has 0 aliphatic heterocycles. The van der Waals surface area contributed by atoms with Crippen molar-refractivity contribution in [3.8, 4) is 11.4 Å². The van der Waals surface area contributed by atoms with Gasteiger partial charge in [-0.1, -0.05) is 36.4 Å². The number of urea groups is 1. The number of amides is 2. The molecule has 1 unspecified atom stereocenters. The first kappa shape index (κ1) is 24.9. The molecule has 36 heavy (non-hydrogen) atoms. The van der Waals surface area contributed by atoms with Crippen LogP contribution in [-0.2, 0) is 4.74 Å². The summed E-state index contributed by atoms with van der Waals surface area (Å²) in [6, 6.07) is 18.8. The van der Waals surface area contributed by atoms with Crippen molar-refractivity contribution < 1.29 is 18.7 Å². The van der Waals surface area contributed by atoms with E-state index in [1.54, 1.807) is 67.6 Å². The maximum Gasteiger partial charge on any atom is 0.322 e. The van der Waals surface area contributed by atoms with E-state index < -0.39 is 17.9 Å². The minimum absolute atomic E-state index is 0.0470. The maximum atomic E-state index is 14.3. The molecule has 0 fully saturated rings. The summed E-state index contributed by atoms with van der Waals surface area (Å²) in [6.45, 7) is 2.16. The molecule has 3 aromatic carbocycles. The van der Waals surface area contributed by atoms with Crippen LogP contribution in [-0.4, -0.2) is 47.9 Å². The number of nitrogens with zero attached hydrogens (tertiary/aromatic N) is 3. The second kappa shape index (κ2) is 11.0. The van der Waals surface area contributed by atoms with Crippen LogP contribution in [0.4, 0.5) is 14.9 Å². The second-order valence-corrected chi connectivity index (χ2v) is 8.07. The van der Waals surface area contributed by atoms with Crippen LogP contribution < -0.4 is 15.6 Å². The van der Waals surface area contributed by atoms with E-state index in [0.29, 0.717) is 28.2 Å². The lowest BCUT2D eigenvalue weighted by atomic mass is 10.1. The lowest BCUT2D eigenvalue weighted by Crippen LogP contribution is -2.41. The number of fused-ring (bicyclic) bond motifs is 1. The number of rotatable bonds is 8. The lowest BCUT2D eigenvalue weighted by Gasteiger charge is -2.30. The molecule has 0 radical (unpaired) electrons. The Morgan fingerprint density at radius 1 is 1.06 bits per heavy atom. The number of anilines is 1. The van der Waals surface area contributed by atoms with Crippen molar-refractivity contribution in [3.63, 3.8) is 0 Å². The Bertz CT molecular complexity index is 1440. The number of methoxy groups -OCH3 is 2. The molecule has 0 aliphatic carbocycles. The Labute approximate surface area is 207 Å². The highest BCUT2D eigenvalue weighted by atomic mass is 19.1. The van der Waals surface area contributed by atoms with Crippen LogP contribution in [0.1, 0.15) is 18.8 Å². The van der Waals surface area contributed by atoms with Crippen molar-refractivity contribution in [1.82, 2.24) is 14.5 Å². The minimum Gasteiger partial charge on any atom is -0.495 e. The highest BCUT2D eigenvalue weighted by Gasteiger charge is 2.28. The van der Waals surface area contributed by atoms with Crippen molar-refractivity contribution in [2.24, 2.45) is 0 Å². The largest absolute Gasteiger partial charge is 0.495 e.